The first-order chi connectivity index (χ1) is 10.6. The molecule has 1 atom stereocenters. The van der Waals surface area contributed by atoms with Crippen molar-refractivity contribution in [2.24, 2.45) is 5.92 Å². The topological polar surface area (TPSA) is 53.5 Å². The van der Waals surface area contributed by atoms with Crippen LogP contribution in [0.2, 0.25) is 0 Å². The van der Waals surface area contributed by atoms with Crippen LogP contribution in [-0.4, -0.2) is 46.2 Å². The molecule has 1 aromatic heterocycles. The molecule has 2 heterocycles. The highest BCUT2D eigenvalue weighted by Gasteiger charge is 2.21. The van der Waals surface area contributed by atoms with E-state index < -0.39 is 0 Å². The van der Waals surface area contributed by atoms with Gasteiger partial charge in [0.25, 0.3) is 0 Å². The SMILES string of the molecule is CC(=O)N(CCC(=O)N1CCCC(C)C1)Cc1cccnc1. The summed E-state index contributed by atoms with van der Waals surface area (Å²) >= 11 is 0. The molecule has 1 aliphatic heterocycles. The number of piperidine rings is 1. The van der Waals surface area contributed by atoms with Crippen molar-refractivity contribution in [1.82, 2.24) is 14.8 Å². The van der Waals surface area contributed by atoms with Crippen LogP contribution < -0.4 is 0 Å². The van der Waals surface area contributed by atoms with Gasteiger partial charge < -0.3 is 9.80 Å². The molecule has 0 radical (unpaired) electrons. The number of hydrogen-bond donors (Lipinski definition) is 0. The number of aromatic nitrogens is 1. The maximum absolute atomic E-state index is 12.3. The van der Waals surface area contributed by atoms with Crippen molar-refractivity contribution in [2.75, 3.05) is 19.6 Å². The summed E-state index contributed by atoms with van der Waals surface area (Å²) in [5.41, 5.74) is 0.983. The number of nitrogens with zero attached hydrogens (tertiary/aromatic N) is 3. The molecule has 1 aliphatic rings. The van der Waals surface area contributed by atoms with Gasteiger partial charge in [-0.15, -0.1) is 0 Å². The van der Waals surface area contributed by atoms with Crippen molar-refractivity contribution in [2.45, 2.75) is 39.7 Å². The van der Waals surface area contributed by atoms with Crippen LogP contribution in [0.1, 0.15) is 38.7 Å². The molecule has 5 nitrogen and oxygen atoms in total. The van der Waals surface area contributed by atoms with E-state index in [1.807, 2.05) is 17.0 Å². The molecule has 5 heteroatoms. The van der Waals surface area contributed by atoms with Gasteiger partial charge in [0.2, 0.25) is 11.8 Å². The zero-order valence-corrected chi connectivity index (χ0v) is 13.5. The Balaban J connectivity index is 1.86. The quantitative estimate of drug-likeness (QED) is 0.837. The largest absolute Gasteiger partial charge is 0.342 e. The molecule has 0 bridgehead atoms. The van der Waals surface area contributed by atoms with Crippen LogP contribution in [0.4, 0.5) is 0 Å². The summed E-state index contributed by atoms with van der Waals surface area (Å²) in [5.74, 6) is 0.727. The summed E-state index contributed by atoms with van der Waals surface area (Å²) in [7, 11) is 0. The molecular formula is C17H25N3O2. The molecule has 0 aromatic carbocycles. The number of carbonyl (C=O) groups excluding carboxylic acids is 2. The third kappa shape index (κ3) is 4.83. The molecule has 0 N–H and O–H groups in total. The van der Waals surface area contributed by atoms with E-state index in [0.717, 1.165) is 25.1 Å². The van der Waals surface area contributed by atoms with Gasteiger partial charge in [-0.2, -0.15) is 0 Å². The van der Waals surface area contributed by atoms with E-state index in [9.17, 15) is 9.59 Å². The average Bonchev–Trinajstić information content (AvgIpc) is 2.51. The van der Waals surface area contributed by atoms with E-state index in [1.165, 1.54) is 6.42 Å². The molecule has 1 fully saturated rings. The van der Waals surface area contributed by atoms with Crippen LogP contribution >= 0.6 is 0 Å². The zero-order valence-electron chi connectivity index (χ0n) is 13.5. The molecule has 0 aliphatic carbocycles. The summed E-state index contributed by atoms with van der Waals surface area (Å²) in [6.45, 7) is 6.40. The fourth-order valence-corrected chi connectivity index (χ4v) is 2.86. The molecule has 120 valence electrons. The molecule has 1 saturated heterocycles. The predicted octanol–water partition coefficient (Wildman–Crippen LogP) is 2.08. The maximum atomic E-state index is 12.3. The van der Waals surface area contributed by atoms with Gasteiger partial charge in [-0.05, 0) is 30.4 Å². The Morgan fingerprint density at radius 2 is 2.27 bits per heavy atom. The molecule has 22 heavy (non-hydrogen) atoms. The van der Waals surface area contributed by atoms with Gasteiger partial charge in [0.1, 0.15) is 0 Å². The molecule has 2 rings (SSSR count). The van der Waals surface area contributed by atoms with Gasteiger partial charge in [-0.3, -0.25) is 14.6 Å². The Hall–Kier alpha value is -1.91. The van der Waals surface area contributed by atoms with Crippen LogP contribution in [-0.2, 0) is 16.1 Å². The third-order valence-electron chi connectivity index (χ3n) is 4.15. The number of likely N-dealkylation sites (tertiary alicyclic amines) is 1. The summed E-state index contributed by atoms with van der Waals surface area (Å²) in [5, 5.41) is 0. The molecule has 1 unspecified atom stereocenters. The lowest BCUT2D eigenvalue weighted by molar-refractivity contribution is -0.135. The van der Waals surface area contributed by atoms with Crippen molar-refractivity contribution < 1.29 is 9.59 Å². The lowest BCUT2D eigenvalue weighted by Gasteiger charge is -2.31. The molecule has 0 saturated carbocycles. The van der Waals surface area contributed by atoms with Crippen molar-refractivity contribution in [3.05, 3.63) is 30.1 Å². The molecule has 2 amide bonds. The van der Waals surface area contributed by atoms with Gasteiger partial charge in [-0.25, -0.2) is 0 Å². The highest BCUT2D eigenvalue weighted by molar-refractivity contribution is 5.78. The lowest BCUT2D eigenvalue weighted by atomic mass is 10.00. The van der Waals surface area contributed by atoms with E-state index >= 15 is 0 Å². The first kappa shape index (κ1) is 16.5. The summed E-state index contributed by atoms with van der Waals surface area (Å²) in [4.78, 5) is 31.8. The second-order valence-corrected chi connectivity index (χ2v) is 6.14. The van der Waals surface area contributed by atoms with Crippen molar-refractivity contribution in [3.63, 3.8) is 0 Å². The highest BCUT2D eigenvalue weighted by Crippen LogP contribution is 2.16. The molecule has 1 aromatic rings. The van der Waals surface area contributed by atoms with E-state index in [1.54, 1.807) is 24.2 Å². The Labute approximate surface area is 132 Å². The van der Waals surface area contributed by atoms with Gasteiger partial charge in [-0.1, -0.05) is 13.0 Å². The molecular weight excluding hydrogens is 278 g/mol. The second-order valence-electron chi connectivity index (χ2n) is 6.14. The van der Waals surface area contributed by atoms with Gasteiger partial charge >= 0.3 is 0 Å². The number of hydrogen-bond acceptors (Lipinski definition) is 3. The van der Waals surface area contributed by atoms with E-state index in [-0.39, 0.29) is 11.8 Å². The fraction of sp³-hybridized carbons (Fsp3) is 0.588. The number of pyridine rings is 1. The lowest BCUT2D eigenvalue weighted by Crippen LogP contribution is -2.41. The van der Waals surface area contributed by atoms with E-state index in [4.69, 9.17) is 0 Å². The smallest absolute Gasteiger partial charge is 0.224 e. The number of rotatable bonds is 5. The van der Waals surface area contributed by atoms with Crippen LogP contribution in [0.3, 0.4) is 0 Å². The third-order valence-corrected chi connectivity index (χ3v) is 4.15. The van der Waals surface area contributed by atoms with Crippen LogP contribution in [0.5, 0.6) is 0 Å². The minimum atomic E-state index is -0.0105. The fourth-order valence-electron chi connectivity index (χ4n) is 2.86. The van der Waals surface area contributed by atoms with Gasteiger partial charge in [0.05, 0.1) is 0 Å². The minimum Gasteiger partial charge on any atom is -0.342 e. The monoisotopic (exact) mass is 303 g/mol. The van der Waals surface area contributed by atoms with E-state index in [2.05, 4.69) is 11.9 Å². The first-order valence-corrected chi connectivity index (χ1v) is 7.98. The molecule has 0 spiro atoms. The number of amides is 2. The maximum Gasteiger partial charge on any atom is 0.224 e. The summed E-state index contributed by atoms with van der Waals surface area (Å²) in [6, 6.07) is 3.80. The Morgan fingerprint density at radius 3 is 2.91 bits per heavy atom. The van der Waals surface area contributed by atoms with Crippen LogP contribution in [0.15, 0.2) is 24.5 Å². The number of carbonyl (C=O) groups is 2. The van der Waals surface area contributed by atoms with Crippen molar-refractivity contribution >= 4 is 11.8 Å². The summed E-state index contributed by atoms with van der Waals surface area (Å²) in [6.07, 6.45) is 6.14. The Kier molecular flexibility index (Phi) is 5.92. The average molecular weight is 303 g/mol. The highest BCUT2D eigenvalue weighted by atomic mass is 16.2. The van der Waals surface area contributed by atoms with Crippen LogP contribution in [0, 0.1) is 5.92 Å². The Morgan fingerprint density at radius 1 is 1.45 bits per heavy atom. The van der Waals surface area contributed by atoms with E-state index in [0.29, 0.717) is 25.4 Å². The van der Waals surface area contributed by atoms with Crippen molar-refractivity contribution in [1.29, 1.82) is 0 Å². The van der Waals surface area contributed by atoms with Gasteiger partial charge in [0, 0.05) is 51.9 Å². The van der Waals surface area contributed by atoms with Crippen molar-refractivity contribution in [3.8, 4) is 0 Å². The minimum absolute atomic E-state index is 0.0105. The van der Waals surface area contributed by atoms with Gasteiger partial charge in [0.15, 0.2) is 0 Å². The zero-order chi connectivity index (χ0) is 15.9. The Bertz CT molecular complexity index is 504. The normalized spacial score (nSPS) is 18.1. The summed E-state index contributed by atoms with van der Waals surface area (Å²) < 4.78 is 0. The standard InChI is InChI=1S/C17H25N3O2/c1-14-5-4-9-20(12-14)17(22)7-10-19(15(2)21)13-16-6-3-8-18-11-16/h3,6,8,11,14H,4-5,7,9-10,12-13H2,1-2H3. The van der Waals surface area contributed by atoms with Crippen LogP contribution in [0.25, 0.3) is 0 Å². The first-order valence-electron chi connectivity index (χ1n) is 7.98. The second kappa shape index (κ2) is 7.92. The predicted molar refractivity (Wildman–Crippen MR) is 84.9 cm³/mol.